The molecule has 31 heavy (non-hydrogen) atoms. The van der Waals surface area contributed by atoms with E-state index in [0.717, 1.165) is 6.07 Å². The smallest absolute Gasteiger partial charge is 0.295 e. The Labute approximate surface area is 184 Å². The Bertz CT molecular complexity index is 1020. The van der Waals surface area contributed by atoms with Gasteiger partial charge in [-0.1, -0.05) is 23.7 Å². The van der Waals surface area contributed by atoms with Crippen LogP contribution in [0.25, 0.3) is 5.76 Å². The summed E-state index contributed by atoms with van der Waals surface area (Å²) in [6.45, 7) is 4.06. The van der Waals surface area contributed by atoms with E-state index < -0.39 is 29.3 Å². The van der Waals surface area contributed by atoms with Gasteiger partial charge in [-0.15, -0.1) is 0 Å². The molecule has 2 aromatic carbocycles. The van der Waals surface area contributed by atoms with Crippen molar-refractivity contribution in [3.05, 3.63) is 70.0 Å². The van der Waals surface area contributed by atoms with Crippen molar-refractivity contribution in [1.29, 1.82) is 0 Å². The van der Waals surface area contributed by atoms with Crippen LogP contribution in [-0.4, -0.2) is 48.1 Å². The highest BCUT2D eigenvalue weighted by Gasteiger charge is 2.46. The second-order valence-corrected chi connectivity index (χ2v) is 7.74. The number of aliphatic hydroxyl groups excluding tert-OH is 1. The molecular formula is C23H23ClFNO5. The second-order valence-electron chi connectivity index (χ2n) is 7.31. The maximum atomic E-state index is 13.9. The molecule has 1 aliphatic heterocycles. The molecule has 0 saturated carbocycles. The van der Waals surface area contributed by atoms with Gasteiger partial charge in [0.2, 0.25) is 0 Å². The van der Waals surface area contributed by atoms with Crippen molar-refractivity contribution < 1.29 is 28.6 Å². The summed E-state index contributed by atoms with van der Waals surface area (Å²) in [6.07, 6.45) is -0.0534. The molecule has 1 atom stereocenters. The zero-order valence-corrected chi connectivity index (χ0v) is 18.1. The Kier molecular flexibility index (Phi) is 6.97. The van der Waals surface area contributed by atoms with E-state index in [1.54, 1.807) is 24.3 Å². The van der Waals surface area contributed by atoms with Crippen molar-refractivity contribution in [2.24, 2.45) is 0 Å². The molecule has 6 nitrogen and oxygen atoms in total. The summed E-state index contributed by atoms with van der Waals surface area (Å²) in [5.74, 6) is -2.60. The normalized spacial score (nSPS) is 18.1. The number of ketones is 1. The maximum Gasteiger partial charge on any atom is 0.295 e. The number of carbonyl (C=O) groups is 2. The molecule has 1 amide bonds. The molecule has 1 heterocycles. The summed E-state index contributed by atoms with van der Waals surface area (Å²) < 4.78 is 24.7. The number of methoxy groups -OCH3 is 1. The molecule has 8 heteroatoms. The Hall–Kier alpha value is -2.90. The van der Waals surface area contributed by atoms with E-state index in [-0.39, 0.29) is 36.1 Å². The number of halogens is 2. The Morgan fingerprint density at radius 3 is 2.48 bits per heavy atom. The quantitative estimate of drug-likeness (QED) is 0.388. The fourth-order valence-electron chi connectivity index (χ4n) is 3.50. The van der Waals surface area contributed by atoms with E-state index in [1.807, 2.05) is 13.8 Å². The standard InChI is InChI=1S/C23H23ClFNO5/c1-13(2)31-11-10-26-20(14-4-6-15(24)7-5-14)19(22(28)23(26)29)21(27)17-12-16(25)8-9-18(17)30-3/h4-9,12-13,20,27H,10-11H2,1-3H3/b21-19+. The first-order valence-electron chi connectivity index (χ1n) is 9.74. The Morgan fingerprint density at radius 1 is 1.19 bits per heavy atom. The van der Waals surface area contributed by atoms with Gasteiger partial charge in [-0.3, -0.25) is 9.59 Å². The molecule has 2 aromatic rings. The molecule has 1 saturated heterocycles. The number of rotatable bonds is 7. The number of ether oxygens (including phenoxy) is 2. The van der Waals surface area contributed by atoms with Gasteiger partial charge in [-0.05, 0) is 49.7 Å². The fraction of sp³-hybridized carbons (Fsp3) is 0.304. The Morgan fingerprint density at radius 2 is 1.87 bits per heavy atom. The van der Waals surface area contributed by atoms with Crippen molar-refractivity contribution in [2.45, 2.75) is 26.0 Å². The van der Waals surface area contributed by atoms with Gasteiger partial charge in [0.05, 0.1) is 37.0 Å². The molecule has 1 N–H and O–H groups in total. The van der Waals surface area contributed by atoms with Gasteiger partial charge in [0, 0.05) is 11.6 Å². The van der Waals surface area contributed by atoms with E-state index in [4.69, 9.17) is 21.1 Å². The van der Waals surface area contributed by atoms with Crippen LogP contribution in [-0.2, 0) is 14.3 Å². The average molecular weight is 448 g/mol. The number of benzene rings is 2. The highest BCUT2D eigenvalue weighted by atomic mass is 35.5. The largest absolute Gasteiger partial charge is 0.507 e. The summed E-state index contributed by atoms with van der Waals surface area (Å²) in [7, 11) is 1.36. The van der Waals surface area contributed by atoms with E-state index >= 15 is 0 Å². The third-order valence-corrected chi connectivity index (χ3v) is 5.18. The molecule has 164 valence electrons. The number of likely N-dealkylation sites (tertiary alicyclic amines) is 1. The monoisotopic (exact) mass is 447 g/mol. The molecule has 1 unspecified atom stereocenters. The third kappa shape index (κ3) is 4.73. The molecule has 0 spiro atoms. The van der Waals surface area contributed by atoms with Gasteiger partial charge in [-0.2, -0.15) is 0 Å². The van der Waals surface area contributed by atoms with E-state index in [1.165, 1.54) is 24.1 Å². The molecular weight excluding hydrogens is 425 g/mol. The van der Waals surface area contributed by atoms with Crippen LogP contribution in [0.5, 0.6) is 5.75 Å². The van der Waals surface area contributed by atoms with Crippen LogP contribution in [0.1, 0.15) is 31.0 Å². The average Bonchev–Trinajstić information content (AvgIpc) is 2.98. The first-order chi connectivity index (χ1) is 14.7. The molecule has 0 radical (unpaired) electrons. The van der Waals surface area contributed by atoms with Crippen molar-refractivity contribution in [2.75, 3.05) is 20.3 Å². The zero-order chi connectivity index (χ0) is 22.7. The van der Waals surface area contributed by atoms with Crippen LogP contribution >= 0.6 is 11.6 Å². The minimum absolute atomic E-state index is 0.0158. The van der Waals surface area contributed by atoms with Gasteiger partial charge in [0.1, 0.15) is 17.3 Å². The molecule has 1 aliphatic rings. The highest BCUT2D eigenvalue weighted by molar-refractivity contribution is 6.46. The third-order valence-electron chi connectivity index (χ3n) is 4.93. The number of nitrogens with zero attached hydrogens (tertiary/aromatic N) is 1. The summed E-state index contributed by atoms with van der Waals surface area (Å²) in [5, 5.41) is 11.5. The molecule has 1 fully saturated rings. The number of aliphatic hydroxyl groups is 1. The van der Waals surface area contributed by atoms with Crippen molar-refractivity contribution in [3.8, 4) is 5.75 Å². The van der Waals surface area contributed by atoms with Gasteiger partial charge in [0.15, 0.2) is 0 Å². The zero-order valence-electron chi connectivity index (χ0n) is 17.4. The number of Topliss-reactive ketones (excluding diaryl/α,β-unsaturated/α-hetero) is 1. The minimum atomic E-state index is -0.888. The topological polar surface area (TPSA) is 76.1 Å². The van der Waals surface area contributed by atoms with Crippen molar-refractivity contribution >= 4 is 29.1 Å². The molecule has 0 aliphatic carbocycles. The van der Waals surface area contributed by atoms with Crippen molar-refractivity contribution in [1.82, 2.24) is 4.90 Å². The van der Waals surface area contributed by atoms with Gasteiger partial charge in [-0.25, -0.2) is 4.39 Å². The predicted molar refractivity (Wildman–Crippen MR) is 115 cm³/mol. The van der Waals surface area contributed by atoms with Crippen LogP contribution in [0.15, 0.2) is 48.0 Å². The highest BCUT2D eigenvalue weighted by Crippen LogP contribution is 2.41. The number of amides is 1. The summed E-state index contributed by atoms with van der Waals surface area (Å²) in [4.78, 5) is 27.1. The lowest BCUT2D eigenvalue weighted by atomic mass is 9.95. The second kappa shape index (κ2) is 9.49. The van der Waals surface area contributed by atoms with E-state index in [0.29, 0.717) is 10.6 Å². The summed E-state index contributed by atoms with van der Waals surface area (Å²) in [6, 6.07) is 9.29. The lowest BCUT2D eigenvalue weighted by Crippen LogP contribution is -2.33. The lowest BCUT2D eigenvalue weighted by molar-refractivity contribution is -0.140. The van der Waals surface area contributed by atoms with Crippen LogP contribution in [0, 0.1) is 5.82 Å². The lowest BCUT2D eigenvalue weighted by Gasteiger charge is -2.25. The van der Waals surface area contributed by atoms with Crippen LogP contribution < -0.4 is 4.74 Å². The summed E-state index contributed by atoms with van der Waals surface area (Å²) >= 11 is 6.00. The minimum Gasteiger partial charge on any atom is -0.507 e. The first kappa shape index (κ1) is 22.8. The van der Waals surface area contributed by atoms with Gasteiger partial charge < -0.3 is 19.5 Å². The Balaban J connectivity index is 2.15. The number of carbonyl (C=O) groups excluding carboxylic acids is 2. The van der Waals surface area contributed by atoms with Crippen LogP contribution in [0.3, 0.4) is 0 Å². The maximum absolute atomic E-state index is 13.9. The van der Waals surface area contributed by atoms with Gasteiger partial charge >= 0.3 is 0 Å². The fourth-order valence-corrected chi connectivity index (χ4v) is 3.63. The van der Waals surface area contributed by atoms with Crippen molar-refractivity contribution in [3.63, 3.8) is 0 Å². The first-order valence-corrected chi connectivity index (χ1v) is 10.1. The molecule has 3 rings (SSSR count). The van der Waals surface area contributed by atoms with E-state index in [9.17, 15) is 19.1 Å². The number of hydrogen-bond donors (Lipinski definition) is 1. The number of hydrogen-bond acceptors (Lipinski definition) is 5. The molecule has 0 bridgehead atoms. The van der Waals surface area contributed by atoms with Crippen LogP contribution in [0.4, 0.5) is 4.39 Å². The van der Waals surface area contributed by atoms with E-state index in [2.05, 4.69) is 0 Å². The van der Waals surface area contributed by atoms with Gasteiger partial charge in [0.25, 0.3) is 11.7 Å². The molecule has 0 aromatic heterocycles. The predicted octanol–water partition coefficient (Wildman–Crippen LogP) is 4.33. The van der Waals surface area contributed by atoms with Crippen LogP contribution in [0.2, 0.25) is 5.02 Å². The SMILES string of the molecule is COc1ccc(F)cc1/C(O)=C1\C(=O)C(=O)N(CCOC(C)C)C1c1ccc(Cl)cc1. The summed E-state index contributed by atoms with van der Waals surface area (Å²) in [5.41, 5.74) is 0.406.